The van der Waals surface area contributed by atoms with Crippen LogP contribution in [0.25, 0.3) is 0 Å². The van der Waals surface area contributed by atoms with Crippen molar-refractivity contribution in [2.45, 2.75) is 51.9 Å². The van der Waals surface area contributed by atoms with E-state index in [2.05, 4.69) is 0 Å². The molecule has 0 radical (unpaired) electrons. The van der Waals surface area contributed by atoms with Gasteiger partial charge in [-0.1, -0.05) is 0 Å². The van der Waals surface area contributed by atoms with Gasteiger partial charge in [-0.2, -0.15) is 0 Å². The molecule has 2 aliphatic rings. The molecule has 2 nitrogen and oxygen atoms in total. The molecule has 2 aliphatic carbocycles. The highest BCUT2D eigenvalue weighted by molar-refractivity contribution is 4.90. The summed E-state index contributed by atoms with van der Waals surface area (Å²) >= 11 is 0. The Morgan fingerprint density at radius 3 is 2.69 bits per heavy atom. The number of rotatable bonds is 4. The average Bonchev–Trinajstić information content (AvgIpc) is 2.65. The van der Waals surface area contributed by atoms with Crippen LogP contribution < -0.4 is 0 Å². The molecule has 0 aromatic rings. The maximum Gasteiger partial charge on any atom is 0.155 e. The molecular weight excluding hydrogens is 164 g/mol. The SMILES string of the molecule is CCOC(C)OC1CC2CCC1C2. The minimum atomic E-state index is -0.00523. The second kappa shape index (κ2) is 3.97. The molecule has 2 bridgehead atoms. The van der Waals surface area contributed by atoms with E-state index in [1.54, 1.807) is 0 Å². The third-order valence-corrected chi connectivity index (χ3v) is 3.44. The molecule has 4 atom stereocenters. The van der Waals surface area contributed by atoms with Crippen molar-refractivity contribution in [3.05, 3.63) is 0 Å². The van der Waals surface area contributed by atoms with Crippen LogP contribution in [0.3, 0.4) is 0 Å². The molecule has 0 heterocycles. The molecule has 2 saturated carbocycles. The highest BCUT2D eigenvalue weighted by atomic mass is 16.7. The van der Waals surface area contributed by atoms with Gasteiger partial charge < -0.3 is 9.47 Å². The monoisotopic (exact) mass is 184 g/mol. The first kappa shape index (κ1) is 9.47. The summed E-state index contributed by atoms with van der Waals surface area (Å²) in [7, 11) is 0. The summed E-state index contributed by atoms with van der Waals surface area (Å²) in [5.74, 6) is 1.80. The van der Waals surface area contributed by atoms with Crippen LogP contribution in [-0.2, 0) is 9.47 Å². The molecule has 4 unspecified atom stereocenters. The van der Waals surface area contributed by atoms with Gasteiger partial charge in [-0.25, -0.2) is 0 Å². The molecule has 2 rings (SSSR count). The van der Waals surface area contributed by atoms with E-state index in [9.17, 15) is 0 Å². The second-order valence-electron chi connectivity index (χ2n) is 4.37. The first-order valence-corrected chi connectivity index (χ1v) is 5.56. The molecule has 0 spiro atoms. The first-order chi connectivity index (χ1) is 6.29. The third kappa shape index (κ3) is 2.05. The zero-order valence-electron chi connectivity index (χ0n) is 8.66. The van der Waals surface area contributed by atoms with Crippen molar-refractivity contribution in [1.82, 2.24) is 0 Å². The molecule has 0 N–H and O–H groups in total. The van der Waals surface area contributed by atoms with Crippen LogP contribution in [0.2, 0.25) is 0 Å². The Bertz CT molecular complexity index is 169. The van der Waals surface area contributed by atoms with Crippen molar-refractivity contribution in [2.24, 2.45) is 11.8 Å². The maximum atomic E-state index is 5.86. The van der Waals surface area contributed by atoms with Crippen molar-refractivity contribution < 1.29 is 9.47 Å². The van der Waals surface area contributed by atoms with E-state index in [0.29, 0.717) is 6.10 Å². The molecule has 0 aromatic carbocycles. The van der Waals surface area contributed by atoms with Crippen LogP contribution in [0, 0.1) is 11.8 Å². The maximum absolute atomic E-state index is 5.86. The van der Waals surface area contributed by atoms with Crippen LogP contribution in [0.1, 0.15) is 39.5 Å². The molecule has 0 amide bonds. The predicted molar refractivity (Wildman–Crippen MR) is 51.4 cm³/mol. The van der Waals surface area contributed by atoms with E-state index in [1.807, 2.05) is 13.8 Å². The minimum Gasteiger partial charge on any atom is -0.353 e. The van der Waals surface area contributed by atoms with Gasteiger partial charge in [0.15, 0.2) is 6.29 Å². The Balaban J connectivity index is 1.76. The zero-order chi connectivity index (χ0) is 9.26. The molecule has 2 fully saturated rings. The summed E-state index contributed by atoms with van der Waals surface area (Å²) in [6, 6.07) is 0. The van der Waals surface area contributed by atoms with E-state index in [-0.39, 0.29) is 6.29 Å². The lowest BCUT2D eigenvalue weighted by molar-refractivity contribution is -0.168. The summed E-state index contributed by atoms with van der Waals surface area (Å²) in [6.45, 7) is 4.78. The molecule has 0 saturated heterocycles. The fraction of sp³-hybridized carbons (Fsp3) is 1.00. The average molecular weight is 184 g/mol. The van der Waals surface area contributed by atoms with E-state index in [0.717, 1.165) is 18.4 Å². The van der Waals surface area contributed by atoms with Crippen molar-refractivity contribution in [2.75, 3.05) is 6.61 Å². The van der Waals surface area contributed by atoms with Crippen LogP contribution >= 0.6 is 0 Å². The Kier molecular flexibility index (Phi) is 2.89. The van der Waals surface area contributed by atoms with Crippen molar-refractivity contribution in [3.8, 4) is 0 Å². The molecule has 0 aromatic heterocycles. The fourth-order valence-corrected chi connectivity index (χ4v) is 2.87. The zero-order valence-corrected chi connectivity index (χ0v) is 8.66. The Morgan fingerprint density at radius 1 is 1.31 bits per heavy atom. The van der Waals surface area contributed by atoms with Gasteiger partial charge in [0.05, 0.1) is 6.10 Å². The summed E-state index contributed by atoms with van der Waals surface area (Å²) in [5.41, 5.74) is 0. The summed E-state index contributed by atoms with van der Waals surface area (Å²) in [4.78, 5) is 0. The quantitative estimate of drug-likeness (QED) is 0.625. The van der Waals surface area contributed by atoms with Crippen molar-refractivity contribution in [1.29, 1.82) is 0 Å². The van der Waals surface area contributed by atoms with Gasteiger partial charge in [-0.3, -0.25) is 0 Å². The Labute approximate surface area is 80.6 Å². The summed E-state index contributed by atoms with van der Waals surface area (Å²) in [5, 5.41) is 0. The van der Waals surface area contributed by atoms with Gasteiger partial charge in [0.1, 0.15) is 0 Å². The third-order valence-electron chi connectivity index (χ3n) is 3.44. The molecular formula is C11H20O2. The molecule has 76 valence electrons. The predicted octanol–water partition coefficient (Wildman–Crippen LogP) is 2.57. The Morgan fingerprint density at radius 2 is 2.15 bits per heavy atom. The topological polar surface area (TPSA) is 18.5 Å². The van der Waals surface area contributed by atoms with Gasteiger partial charge in [-0.15, -0.1) is 0 Å². The first-order valence-electron chi connectivity index (χ1n) is 5.56. The lowest BCUT2D eigenvalue weighted by atomic mass is 9.98. The van der Waals surface area contributed by atoms with Gasteiger partial charge >= 0.3 is 0 Å². The number of fused-ring (bicyclic) bond motifs is 2. The van der Waals surface area contributed by atoms with E-state index in [4.69, 9.17) is 9.47 Å². The van der Waals surface area contributed by atoms with Crippen molar-refractivity contribution >= 4 is 0 Å². The fourth-order valence-electron chi connectivity index (χ4n) is 2.87. The van der Waals surface area contributed by atoms with Crippen molar-refractivity contribution in [3.63, 3.8) is 0 Å². The van der Waals surface area contributed by atoms with E-state index >= 15 is 0 Å². The highest BCUT2D eigenvalue weighted by Gasteiger charge is 2.40. The largest absolute Gasteiger partial charge is 0.353 e. The number of hydrogen-bond acceptors (Lipinski definition) is 2. The molecule has 2 heteroatoms. The lowest BCUT2D eigenvalue weighted by Gasteiger charge is -2.25. The van der Waals surface area contributed by atoms with Crippen LogP contribution in [0.15, 0.2) is 0 Å². The number of hydrogen-bond donors (Lipinski definition) is 0. The molecule has 13 heavy (non-hydrogen) atoms. The normalized spacial score (nSPS) is 39.7. The standard InChI is InChI=1S/C11H20O2/c1-3-12-8(2)13-11-7-9-4-5-10(11)6-9/h8-11H,3-7H2,1-2H3. The highest BCUT2D eigenvalue weighted by Crippen LogP contribution is 2.46. The summed E-state index contributed by atoms with van der Waals surface area (Å²) < 4.78 is 11.3. The minimum absolute atomic E-state index is 0.00523. The van der Waals surface area contributed by atoms with E-state index in [1.165, 1.54) is 25.7 Å². The molecule has 0 aliphatic heterocycles. The second-order valence-corrected chi connectivity index (χ2v) is 4.37. The summed E-state index contributed by atoms with van der Waals surface area (Å²) in [6.07, 6.45) is 6.00. The van der Waals surface area contributed by atoms with E-state index < -0.39 is 0 Å². The van der Waals surface area contributed by atoms with Gasteiger partial charge in [0.2, 0.25) is 0 Å². The van der Waals surface area contributed by atoms with Gasteiger partial charge in [0, 0.05) is 6.61 Å². The lowest BCUT2D eigenvalue weighted by Crippen LogP contribution is -2.26. The number of ether oxygens (including phenoxy) is 2. The van der Waals surface area contributed by atoms with Gasteiger partial charge in [0.25, 0.3) is 0 Å². The van der Waals surface area contributed by atoms with Crippen LogP contribution in [0.5, 0.6) is 0 Å². The smallest absolute Gasteiger partial charge is 0.155 e. The van der Waals surface area contributed by atoms with Crippen LogP contribution in [-0.4, -0.2) is 19.0 Å². The van der Waals surface area contributed by atoms with Crippen LogP contribution in [0.4, 0.5) is 0 Å². The van der Waals surface area contributed by atoms with Gasteiger partial charge in [-0.05, 0) is 51.4 Å². The Hall–Kier alpha value is -0.0800.